The Hall–Kier alpha value is -2.89. The zero-order valence-electron chi connectivity index (χ0n) is 11.4. The lowest BCUT2D eigenvalue weighted by Gasteiger charge is -1.97. The zero-order valence-corrected chi connectivity index (χ0v) is 11.4. The predicted molar refractivity (Wildman–Crippen MR) is 76.7 cm³/mol. The molecule has 6 heteroatoms. The summed E-state index contributed by atoms with van der Waals surface area (Å²) in [5.74, 6) is 2.16. The molecule has 3 heterocycles. The number of aryl methyl sites for hydroxylation is 1. The third-order valence-electron chi connectivity index (χ3n) is 3.29. The van der Waals surface area contributed by atoms with E-state index in [0.717, 1.165) is 22.9 Å². The smallest absolute Gasteiger partial charge is 0.231 e. The Morgan fingerprint density at radius 2 is 2.00 bits per heavy atom. The monoisotopic (exact) mass is 280 g/mol. The first-order valence-corrected chi connectivity index (χ1v) is 6.56. The minimum Gasteiger partial charge on any atom is -0.454 e. The van der Waals surface area contributed by atoms with E-state index in [1.54, 1.807) is 0 Å². The second-order valence-electron chi connectivity index (χ2n) is 4.69. The highest BCUT2D eigenvalue weighted by molar-refractivity contribution is 5.54. The molecule has 2 aromatic heterocycles. The maximum Gasteiger partial charge on any atom is 0.231 e. The van der Waals surface area contributed by atoms with Gasteiger partial charge in [0, 0.05) is 12.3 Å². The van der Waals surface area contributed by atoms with E-state index >= 15 is 0 Å². The number of fused-ring (bicyclic) bond motifs is 2. The molecule has 0 saturated heterocycles. The van der Waals surface area contributed by atoms with E-state index in [1.165, 1.54) is 0 Å². The van der Waals surface area contributed by atoms with Crippen molar-refractivity contribution in [3.8, 4) is 11.5 Å². The summed E-state index contributed by atoms with van der Waals surface area (Å²) < 4.78 is 12.5. The molecule has 21 heavy (non-hydrogen) atoms. The average molecular weight is 280 g/mol. The maximum atomic E-state index is 5.33. The predicted octanol–water partition coefficient (Wildman–Crippen LogP) is 3.79. The van der Waals surface area contributed by atoms with Crippen molar-refractivity contribution in [1.29, 1.82) is 0 Å². The Morgan fingerprint density at radius 3 is 2.95 bits per heavy atom. The first kappa shape index (κ1) is 11.9. The highest BCUT2D eigenvalue weighted by Gasteiger charge is 2.13. The molecule has 6 nitrogen and oxygen atoms in total. The topological polar surface area (TPSA) is 60.5 Å². The van der Waals surface area contributed by atoms with Crippen LogP contribution in [-0.4, -0.2) is 16.2 Å². The molecule has 104 valence electrons. The van der Waals surface area contributed by atoms with E-state index in [0.29, 0.717) is 11.4 Å². The number of pyridine rings is 1. The van der Waals surface area contributed by atoms with Crippen LogP contribution < -0.4 is 9.47 Å². The number of hydrogen-bond donors (Lipinski definition) is 0. The zero-order chi connectivity index (χ0) is 14.2. The molecule has 1 aliphatic heterocycles. The summed E-state index contributed by atoms with van der Waals surface area (Å²) in [6.07, 6.45) is 1.92. The molecular formula is C15H12N4O2. The minimum atomic E-state index is 0.252. The van der Waals surface area contributed by atoms with Crippen LogP contribution in [0.5, 0.6) is 11.5 Å². The van der Waals surface area contributed by atoms with Crippen LogP contribution in [0.1, 0.15) is 5.69 Å². The van der Waals surface area contributed by atoms with Gasteiger partial charge in [-0.05, 0) is 31.2 Å². The summed E-state index contributed by atoms with van der Waals surface area (Å²) in [5.41, 5.74) is 2.41. The first-order valence-electron chi connectivity index (χ1n) is 6.56. The standard InChI is InChI=1S/C15H12N4O2/c1-10-15(19-7-3-2-4-14(19)16-10)18-17-11-5-6-12-13(8-11)21-9-20-12/h2-8H,9H2,1H3. The van der Waals surface area contributed by atoms with Crippen LogP contribution in [0.3, 0.4) is 0 Å². The Kier molecular flexibility index (Phi) is 2.60. The van der Waals surface area contributed by atoms with E-state index < -0.39 is 0 Å². The van der Waals surface area contributed by atoms with Crippen molar-refractivity contribution < 1.29 is 9.47 Å². The third kappa shape index (κ3) is 2.01. The molecule has 0 aliphatic carbocycles. The van der Waals surface area contributed by atoms with Crippen LogP contribution in [0.4, 0.5) is 11.5 Å². The Balaban J connectivity index is 1.72. The molecule has 0 N–H and O–H groups in total. The van der Waals surface area contributed by atoms with Crippen molar-refractivity contribution in [2.75, 3.05) is 6.79 Å². The number of azo groups is 1. The van der Waals surface area contributed by atoms with E-state index in [4.69, 9.17) is 9.47 Å². The van der Waals surface area contributed by atoms with Crippen molar-refractivity contribution in [1.82, 2.24) is 9.38 Å². The van der Waals surface area contributed by atoms with Crippen molar-refractivity contribution in [3.63, 3.8) is 0 Å². The summed E-state index contributed by atoms with van der Waals surface area (Å²) in [6, 6.07) is 11.3. The molecule has 0 bridgehead atoms. The fourth-order valence-corrected chi connectivity index (χ4v) is 2.27. The lowest BCUT2D eigenvalue weighted by Crippen LogP contribution is -1.92. The molecule has 0 spiro atoms. The second-order valence-corrected chi connectivity index (χ2v) is 4.69. The van der Waals surface area contributed by atoms with E-state index in [-0.39, 0.29) is 6.79 Å². The second kappa shape index (κ2) is 4.59. The lowest BCUT2D eigenvalue weighted by atomic mass is 10.3. The van der Waals surface area contributed by atoms with Crippen LogP contribution in [-0.2, 0) is 0 Å². The summed E-state index contributed by atoms with van der Waals surface area (Å²) in [4.78, 5) is 4.45. The van der Waals surface area contributed by atoms with Gasteiger partial charge in [0.15, 0.2) is 17.3 Å². The number of imidazole rings is 1. The van der Waals surface area contributed by atoms with Gasteiger partial charge in [-0.1, -0.05) is 6.07 Å². The SMILES string of the molecule is Cc1nc2ccccn2c1N=Nc1ccc2c(c1)OCO2. The van der Waals surface area contributed by atoms with Crippen LogP contribution in [0.2, 0.25) is 0 Å². The van der Waals surface area contributed by atoms with Crippen LogP contribution in [0, 0.1) is 6.92 Å². The molecule has 0 unspecified atom stereocenters. The Bertz CT molecular complexity index is 854. The number of hydrogen-bond acceptors (Lipinski definition) is 5. The van der Waals surface area contributed by atoms with Gasteiger partial charge in [-0.2, -0.15) is 0 Å². The first-order chi connectivity index (χ1) is 10.3. The van der Waals surface area contributed by atoms with E-state index in [9.17, 15) is 0 Å². The number of ether oxygens (including phenoxy) is 2. The molecule has 0 fully saturated rings. The Labute approximate surface area is 120 Å². The highest BCUT2D eigenvalue weighted by atomic mass is 16.7. The molecule has 0 atom stereocenters. The molecule has 1 aliphatic rings. The van der Waals surface area contributed by atoms with Gasteiger partial charge in [0.05, 0.1) is 11.4 Å². The van der Waals surface area contributed by atoms with Gasteiger partial charge in [0.2, 0.25) is 6.79 Å². The largest absolute Gasteiger partial charge is 0.454 e. The fraction of sp³-hybridized carbons (Fsp3) is 0.133. The normalized spacial score (nSPS) is 13.4. The quantitative estimate of drug-likeness (QED) is 0.671. The van der Waals surface area contributed by atoms with E-state index in [1.807, 2.05) is 53.9 Å². The summed E-state index contributed by atoms with van der Waals surface area (Å²) in [6.45, 7) is 2.17. The van der Waals surface area contributed by atoms with Crippen LogP contribution in [0.25, 0.3) is 5.65 Å². The number of aromatic nitrogens is 2. The van der Waals surface area contributed by atoms with Gasteiger partial charge >= 0.3 is 0 Å². The molecule has 0 radical (unpaired) electrons. The number of benzene rings is 1. The van der Waals surface area contributed by atoms with Gasteiger partial charge in [0.25, 0.3) is 0 Å². The van der Waals surface area contributed by atoms with E-state index in [2.05, 4.69) is 15.2 Å². The summed E-state index contributed by atoms with van der Waals surface area (Å²) in [5, 5.41) is 8.58. The lowest BCUT2D eigenvalue weighted by molar-refractivity contribution is 0.174. The van der Waals surface area contributed by atoms with Crippen molar-refractivity contribution in [3.05, 3.63) is 48.3 Å². The number of nitrogens with zero attached hydrogens (tertiary/aromatic N) is 4. The highest BCUT2D eigenvalue weighted by Crippen LogP contribution is 2.35. The molecule has 0 saturated carbocycles. The molecule has 4 rings (SSSR count). The van der Waals surface area contributed by atoms with Crippen molar-refractivity contribution >= 4 is 17.2 Å². The average Bonchev–Trinajstić information content (AvgIpc) is 3.08. The molecule has 0 amide bonds. The molecular weight excluding hydrogens is 268 g/mol. The Morgan fingerprint density at radius 1 is 1.10 bits per heavy atom. The number of rotatable bonds is 2. The van der Waals surface area contributed by atoms with Crippen molar-refractivity contribution in [2.45, 2.75) is 6.92 Å². The van der Waals surface area contributed by atoms with Gasteiger partial charge in [-0.25, -0.2) is 4.98 Å². The van der Waals surface area contributed by atoms with Gasteiger partial charge < -0.3 is 9.47 Å². The molecule has 1 aromatic carbocycles. The summed E-state index contributed by atoms with van der Waals surface area (Å²) in [7, 11) is 0. The van der Waals surface area contributed by atoms with Crippen molar-refractivity contribution in [2.24, 2.45) is 10.2 Å². The van der Waals surface area contributed by atoms with Gasteiger partial charge in [-0.15, -0.1) is 10.2 Å². The van der Waals surface area contributed by atoms with Crippen LogP contribution in [0.15, 0.2) is 52.8 Å². The summed E-state index contributed by atoms with van der Waals surface area (Å²) >= 11 is 0. The third-order valence-corrected chi connectivity index (χ3v) is 3.29. The maximum absolute atomic E-state index is 5.33. The molecule has 3 aromatic rings. The van der Waals surface area contributed by atoms with Crippen LogP contribution >= 0.6 is 0 Å². The minimum absolute atomic E-state index is 0.252. The van der Waals surface area contributed by atoms with Gasteiger partial charge in [-0.3, -0.25) is 4.40 Å². The van der Waals surface area contributed by atoms with Gasteiger partial charge in [0.1, 0.15) is 5.65 Å². The fourth-order valence-electron chi connectivity index (χ4n) is 2.27.